The Hall–Kier alpha value is -1.40. The standard InChI is InChI=1S/C13H23N5O/c1-17(2)8-5-14-12-9-13(16-10-15-12)18-6-3-11(19)4-7-18/h9-11,19H,3-8H2,1-2H3,(H,14,15,16). The van der Waals surface area contributed by atoms with E-state index in [-0.39, 0.29) is 6.10 Å². The lowest BCUT2D eigenvalue weighted by Gasteiger charge is -2.30. The Labute approximate surface area is 114 Å². The van der Waals surface area contributed by atoms with E-state index in [1.54, 1.807) is 6.33 Å². The molecule has 1 aliphatic heterocycles. The molecule has 0 saturated carbocycles. The third kappa shape index (κ3) is 4.33. The number of nitrogens with zero attached hydrogens (tertiary/aromatic N) is 4. The molecule has 0 atom stereocenters. The van der Waals surface area contributed by atoms with Crippen molar-refractivity contribution in [3.8, 4) is 0 Å². The molecule has 1 aliphatic rings. The Morgan fingerprint density at radius 3 is 2.79 bits per heavy atom. The van der Waals surface area contributed by atoms with Gasteiger partial charge in [0.25, 0.3) is 0 Å². The van der Waals surface area contributed by atoms with Gasteiger partial charge in [-0.1, -0.05) is 0 Å². The van der Waals surface area contributed by atoms with Crippen molar-refractivity contribution in [3.05, 3.63) is 12.4 Å². The molecule has 0 radical (unpaired) electrons. The van der Waals surface area contributed by atoms with E-state index in [0.29, 0.717) is 0 Å². The van der Waals surface area contributed by atoms with Crippen molar-refractivity contribution in [1.82, 2.24) is 14.9 Å². The average Bonchev–Trinajstić information content (AvgIpc) is 2.39. The summed E-state index contributed by atoms with van der Waals surface area (Å²) in [5.74, 6) is 1.80. The zero-order chi connectivity index (χ0) is 13.7. The van der Waals surface area contributed by atoms with Gasteiger partial charge >= 0.3 is 0 Å². The van der Waals surface area contributed by atoms with Crippen LogP contribution in [0.15, 0.2) is 12.4 Å². The maximum absolute atomic E-state index is 9.52. The molecule has 1 saturated heterocycles. The van der Waals surface area contributed by atoms with Gasteiger partial charge in [0, 0.05) is 32.2 Å². The molecule has 106 valence electrons. The number of aliphatic hydroxyl groups is 1. The number of anilines is 2. The summed E-state index contributed by atoms with van der Waals surface area (Å²) in [6.07, 6.45) is 3.06. The Balaban J connectivity index is 1.91. The lowest BCUT2D eigenvalue weighted by atomic mass is 10.1. The van der Waals surface area contributed by atoms with Crippen LogP contribution in [0.25, 0.3) is 0 Å². The predicted octanol–water partition coefficient (Wildman–Crippen LogP) is 0.411. The summed E-state index contributed by atoms with van der Waals surface area (Å²) in [6, 6.07) is 1.98. The molecule has 19 heavy (non-hydrogen) atoms. The summed E-state index contributed by atoms with van der Waals surface area (Å²) < 4.78 is 0. The minimum Gasteiger partial charge on any atom is -0.393 e. The molecule has 6 heteroatoms. The topological polar surface area (TPSA) is 64.5 Å². The molecule has 0 amide bonds. The van der Waals surface area contributed by atoms with E-state index in [1.165, 1.54) is 0 Å². The zero-order valence-electron chi connectivity index (χ0n) is 11.7. The van der Waals surface area contributed by atoms with Crippen LogP contribution in [0.3, 0.4) is 0 Å². The number of likely N-dealkylation sites (N-methyl/N-ethyl adjacent to an activating group) is 1. The van der Waals surface area contributed by atoms with Gasteiger partial charge in [0.1, 0.15) is 18.0 Å². The molecular weight excluding hydrogens is 242 g/mol. The van der Waals surface area contributed by atoms with Crippen LogP contribution in [0.1, 0.15) is 12.8 Å². The molecule has 2 N–H and O–H groups in total. The summed E-state index contributed by atoms with van der Waals surface area (Å²) in [5, 5.41) is 12.8. The highest BCUT2D eigenvalue weighted by Gasteiger charge is 2.18. The summed E-state index contributed by atoms with van der Waals surface area (Å²) in [7, 11) is 4.10. The van der Waals surface area contributed by atoms with Crippen LogP contribution in [-0.4, -0.2) is 66.4 Å². The quantitative estimate of drug-likeness (QED) is 0.804. The minimum atomic E-state index is -0.157. The fourth-order valence-corrected chi connectivity index (χ4v) is 2.12. The first-order valence-corrected chi connectivity index (χ1v) is 6.79. The second-order valence-corrected chi connectivity index (χ2v) is 5.21. The fourth-order valence-electron chi connectivity index (χ4n) is 2.12. The Bertz CT molecular complexity index is 390. The molecule has 1 fully saturated rings. The van der Waals surface area contributed by atoms with Crippen molar-refractivity contribution in [2.24, 2.45) is 0 Å². The Kier molecular flexibility index (Phi) is 4.93. The molecule has 0 unspecified atom stereocenters. The molecule has 0 aromatic carbocycles. The number of hydrogen-bond donors (Lipinski definition) is 2. The van der Waals surface area contributed by atoms with Gasteiger partial charge in [-0.05, 0) is 26.9 Å². The molecule has 0 aliphatic carbocycles. The molecule has 6 nitrogen and oxygen atoms in total. The van der Waals surface area contributed by atoms with Crippen molar-refractivity contribution in [3.63, 3.8) is 0 Å². The zero-order valence-corrected chi connectivity index (χ0v) is 11.7. The van der Waals surface area contributed by atoms with Crippen LogP contribution in [0.4, 0.5) is 11.6 Å². The molecule has 2 rings (SSSR count). The first kappa shape index (κ1) is 14.0. The second-order valence-electron chi connectivity index (χ2n) is 5.21. The molecule has 1 aromatic rings. The molecular formula is C13H23N5O. The van der Waals surface area contributed by atoms with Crippen LogP contribution in [0.5, 0.6) is 0 Å². The number of hydrogen-bond acceptors (Lipinski definition) is 6. The lowest BCUT2D eigenvalue weighted by molar-refractivity contribution is 0.145. The van der Waals surface area contributed by atoms with Crippen molar-refractivity contribution >= 4 is 11.6 Å². The average molecular weight is 265 g/mol. The van der Waals surface area contributed by atoms with Gasteiger partial charge in [0.2, 0.25) is 0 Å². The van der Waals surface area contributed by atoms with E-state index in [0.717, 1.165) is 50.7 Å². The van der Waals surface area contributed by atoms with E-state index in [2.05, 4.69) is 25.1 Å². The monoisotopic (exact) mass is 265 g/mol. The molecule has 0 spiro atoms. The number of rotatable bonds is 5. The minimum absolute atomic E-state index is 0.157. The van der Waals surface area contributed by atoms with Crippen molar-refractivity contribution in [2.45, 2.75) is 18.9 Å². The van der Waals surface area contributed by atoms with Crippen LogP contribution in [0.2, 0.25) is 0 Å². The third-order valence-electron chi connectivity index (χ3n) is 3.31. The van der Waals surface area contributed by atoms with E-state index in [1.807, 2.05) is 20.2 Å². The van der Waals surface area contributed by atoms with Crippen LogP contribution in [-0.2, 0) is 0 Å². The van der Waals surface area contributed by atoms with Gasteiger partial charge in [-0.15, -0.1) is 0 Å². The highest BCUT2D eigenvalue weighted by Crippen LogP contribution is 2.19. The maximum atomic E-state index is 9.52. The summed E-state index contributed by atoms with van der Waals surface area (Å²) >= 11 is 0. The van der Waals surface area contributed by atoms with Crippen molar-refractivity contribution in [2.75, 3.05) is 50.5 Å². The SMILES string of the molecule is CN(C)CCNc1cc(N2CCC(O)CC2)ncn1. The number of nitrogens with one attached hydrogen (secondary N) is 1. The predicted molar refractivity (Wildman–Crippen MR) is 76.5 cm³/mol. The van der Waals surface area contributed by atoms with E-state index in [9.17, 15) is 5.11 Å². The van der Waals surface area contributed by atoms with E-state index < -0.39 is 0 Å². The van der Waals surface area contributed by atoms with Gasteiger partial charge in [0.15, 0.2) is 0 Å². The number of aliphatic hydroxyl groups excluding tert-OH is 1. The maximum Gasteiger partial charge on any atom is 0.134 e. The largest absolute Gasteiger partial charge is 0.393 e. The Morgan fingerprint density at radius 1 is 1.37 bits per heavy atom. The lowest BCUT2D eigenvalue weighted by Crippen LogP contribution is -2.36. The first-order valence-electron chi connectivity index (χ1n) is 6.79. The Morgan fingerprint density at radius 2 is 2.11 bits per heavy atom. The van der Waals surface area contributed by atoms with Crippen molar-refractivity contribution in [1.29, 1.82) is 0 Å². The first-order chi connectivity index (χ1) is 9.15. The molecule has 2 heterocycles. The van der Waals surface area contributed by atoms with Crippen LogP contribution in [0, 0.1) is 0 Å². The molecule has 0 bridgehead atoms. The number of aromatic nitrogens is 2. The van der Waals surface area contributed by atoms with E-state index >= 15 is 0 Å². The van der Waals surface area contributed by atoms with Gasteiger partial charge < -0.3 is 20.2 Å². The third-order valence-corrected chi connectivity index (χ3v) is 3.31. The highest BCUT2D eigenvalue weighted by atomic mass is 16.3. The second kappa shape index (κ2) is 6.68. The summed E-state index contributed by atoms with van der Waals surface area (Å²) in [6.45, 7) is 3.54. The van der Waals surface area contributed by atoms with Crippen LogP contribution >= 0.6 is 0 Å². The molecule has 1 aromatic heterocycles. The summed E-state index contributed by atoms with van der Waals surface area (Å²) in [5.41, 5.74) is 0. The van der Waals surface area contributed by atoms with Gasteiger partial charge in [-0.2, -0.15) is 0 Å². The number of piperidine rings is 1. The highest BCUT2D eigenvalue weighted by molar-refractivity contribution is 5.48. The summed E-state index contributed by atoms with van der Waals surface area (Å²) in [4.78, 5) is 12.9. The smallest absolute Gasteiger partial charge is 0.134 e. The van der Waals surface area contributed by atoms with Gasteiger partial charge in [-0.3, -0.25) is 0 Å². The van der Waals surface area contributed by atoms with Crippen LogP contribution < -0.4 is 10.2 Å². The normalized spacial score (nSPS) is 16.9. The van der Waals surface area contributed by atoms with Gasteiger partial charge in [0.05, 0.1) is 6.10 Å². The van der Waals surface area contributed by atoms with Gasteiger partial charge in [-0.25, -0.2) is 9.97 Å². The van der Waals surface area contributed by atoms with Crippen molar-refractivity contribution < 1.29 is 5.11 Å². The fraction of sp³-hybridized carbons (Fsp3) is 0.692. The van der Waals surface area contributed by atoms with E-state index in [4.69, 9.17) is 0 Å².